The van der Waals surface area contributed by atoms with Gasteiger partial charge in [-0.1, -0.05) is 107 Å². The van der Waals surface area contributed by atoms with Crippen molar-refractivity contribution in [2.24, 2.45) is 58.2 Å². The van der Waals surface area contributed by atoms with Gasteiger partial charge in [0.15, 0.2) is 0 Å². The second kappa shape index (κ2) is 15.0. The number of fused-ring (bicyclic) bond motifs is 5. The Labute approximate surface area is 230 Å². The first-order valence-electron chi connectivity index (χ1n) is 16.2. The molecule has 0 nitrogen and oxygen atoms in total. The average Bonchev–Trinajstić information content (AvgIpc) is 3.24. The molecule has 36 heavy (non-hydrogen) atoms. The van der Waals surface area contributed by atoms with Gasteiger partial charge >= 0.3 is 0 Å². The van der Waals surface area contributed by atoms with E-state index in [-0.39, 0.29) is 1.43 Å². The molecule has 0 aromatic carbocycles. The van der Waals surface area contributed by atoms with Crippen LogP contribution in [0.5, 0.6) is 0 Å². The molecule has 0 aromatic heterocycles. The fraction of sp³-hybridized carbons (Fsp3) is 0.889. The minimum atomic E-state index is 0. The molecule has 212 valence electrons. The van der Waals surface area contributed by atoms with E-state index >= 15 is 0 Å². The number of rotatable bonds is 6. The Balaban J connectivity index is 0.00000173. The lowest BCUT2D eigenvalue weighted by molar-refractivity contribution is -0.0538. The van der Waals surface area contributed by atoms with Crippen molar-refractivity contribution in [2.45, 2.75) is 147 Å². The highest BCUT2D eigenvalue weighted by Crippen LogP contribution is 2.67. The van der Waals surface area contributed by atoms with Crippen LogP contribution in [0.4, 0.5) is 0 Å². The molecule has 0 heterocycles. The molecule has 8 atom stereocenters. The fourth-order valence-corrected chi connectivity index (χ4v) is 9.28. The van der Waals surface area contributed by atoms with Crippen molar-refractivity contribution in [2.75, 3.05) is 0 Å². The maximum Gasteiger partial charge on any atom is 0 e. The molecule has 3 saturated carbocycles. The van der Waals surface area contributed by atoms with E-state index in [1.807, 2.05) is 33.3 Å². The topological polar surface area (TPSA) is 0 Å². The number of allylic oxidation sites excluding steroid dienone is 2. The van der Waals surface area contributed by atoms with Gasteiger partial charge in [0.1, 0.15) is 0 Å². The number of terminal acetylenes is 1. The van der Waals surface area contributed by atoms with Crippen molar-refractivity contribution in [1.82, 2.24) is 0 Å². The van der Waals surface area contributed by atoms with Gasteiger partial charge in [0.2, 0.25) is 0 Å². The molecule has 0 saturated heterocycles. The molecule has 0 aromatic rings. The Morgan fingerprint density at radius 1 is 0.861 bits per heavy atom. The van der Waals surface area contributed by atoms with E-state index in [1.165, 1.54) is 70.6 Å². The predicted octanol–water partition coefficient (Wildman–Crippen LogP) is 11.8. The monoisotopic (exact) mass is 501 g/mol. The summed E-state index contributed by atoms with van der Waals surface area (Å²) < 4.78 is 0. The van der Waals surface area contributed by atoms with E-state index in [4.69, 9.17) is 0 Å². The van der Waals surface area contributed by atoms with E-state index in [9.17, 15) is 0 Å². The van der Waals surface area contributed by atoms with Crippen molar-refractivity contribution in [3.8, 4) is 12.8 Å². The highest BCUT2D eigenvalue weighted by Gasteiger charge is 2.59. The van der Waals surface area contributed by atoms with Gasteiger partial charge in [0.25, 0.3) is 0 Å². The normalized spacial score (nSPS) is 37.4. The predicted molar refractivity (Wildman–Crippen MR) is 166 cm³/mol. The molecule has 4 aliphatic rings. The van der Waals surface area contributed by atoms with Crippen LogP contribution in [0.25, 0.3) is 0 Å². The van der Waals surface area contributed by atoms with Gasteiger partial charge in [-0.15, -0.1) is 12.8 Å². The SMILES string of the molecule is C#C.CC.CC.CC(C)CCC[C@@H](C)[C@H]1CC[C@H]2C3CC=C4C[C@@H](C(C)C)CC[C@]4(C)[C@H]3CC[C@]12C.[HH]. The van der Waals surface area contributed by atoms with Crippen LogP contribution >= 0.6 is 0 Å². The standard InChI is InChI=1S/C30H52.2C2H6.C2H2.H2/c1-20(2)9-8-10-22(5)26-13-14-27-25-12-11-24-19-23(21(3)4)15-17-29(24,6)28(25)16-18-30(26,27)7;3*1-2;/h11,20-23,25-28H,8-10,12-19H2,1-7H3;2*1-2H3;1-2H;1H/t22-,23+,25?,26-,27+,28+,29+,30-;;;;/m1..../s1. The van der Waals surface area contributed by atoms with Crippen LogP contribution in [0.3, 0.4) is 0 Å². The summed E-state index contributed by atoms with van der Waals surface area (Å²) in [5.41, 5.74) is 3.06. The first kappa shape index (κ1) is 33.3. The van der Waals surface area contributed by atoms with Gasteiger partial charge in [-0.25, -0.2) is 0 Å². The third-order valence-electron chi connectivity index (χ3n) is 11.3. The Morgan fingerprint density at radius 2 is 1.50 bits per heavy atom. The number of hydrogen-bond donors (Lipinski definition) is 0. The van der Waals surface area contributed by atoms with Gasteiger partial charge in [-0.2, -0.15) is 0 Å². The molecule has 0 spiro atoms. The van der Waals surface area contributed by atoms with Gasteiger partial charge in [-0.3, -0.25) is 0 Å². The minimum absolute atomic E-state index is 0. The lowest BCUT2D eigenvalue weighted by Gasteiger charge is -2.59. The Bertz CT molecular complexity index is 671. The van der Waals surface area contributed by atoms with Crippen molar-refractivity contribution in [3.05, 3.63) is 11.6 Å². The molecule has 3 fully saturated rings. The fourth-order valence-electron chi connectivity index (χ4n) is 9.28. The van der Waals surface area contributed by atoms with Crippen molar-refractivity contribution in [1.29, 1.82) is 0 Å². The average molecular weight is 501 g/mol. The molecule has 4 rings (SSSR count). The quantitative estimate of drug-likeness (QED) is 0.251. The molecular formula is C36H68. The summed E-state index contributed by atoms with van der Waals surface area (Å²) in [5, 5.41) is 0. The molecule has 0 amide bonds. The largest absolute Gasteiger partial charge is 0.124 e. The maximum atomic E-state index is 4.00. The van der Waals surface area contributed by atoms with Crippen LogP contribution in [-0.4, -0.2) is 0 Å². The van der Waals surface area contributed by atoms with E-state index in [0.29, 0.717) is 10.8 Å². The van der Waals surface area contributed by atoms with Crippen LogP contribution in [0, 0.1) is 71.0 Å². The van der Waals surface area contributed by atoms with Crippen molar-refractivity contribution < 1.29 is 1.43 Å². The van der Waals surface area contributed by atoms with Crippen LogP contribution in [0.1, 0.15) is 148 Å². The minimum Gasteiger partial charge on any atom is -0.124 e. The van der Waals surface area contributed by atoms with E-state index < -0.39 is 0 Å². The highest BCUT2D eigenvalue weighted by atomic mass is 14.6. The molecular weight excluding hydrogens is 432 g/mol. The lowest BCUT2D eigenvalue weighted by Crippen LogP contribution is -2.50. The van der Waals surface area contributed by atoms with Gasteiger partial charge in [0.05, 0.1) is 0 Å². The van der Waals surface area contributed by atoms with Crippen LogP contribution in [-0.2, 0) is 0 Å². The third kappa shape index (κ3) is 6.83. The molecule has 0 radical (unpaired) electrons. The first-order valence-corrected chi connectivity index (χ1v) is 16.2. The summed E-state index contributed by atoms with van der Waals surface area (Å²) >= 11 is 0. The molecule has 0 bridgehead atoms. The third-order valence-corrected chi connectivity index (χ3v) is 11.3. The molecule has 0 N–H and O–H groups in total. The van der Waals surface area contributed by atoms with E-state index in [1.54, 1.807) is 0 Å². The van der Waals surface area contributed by atoms with Crippen LogP contribution in [0.15, 0.2) is 11.6 Å². The van der Waals surface area contributed by atoms with Gasteiger partial charge in [-0.05, 0) is 110 Å². The summed E-state index contributed by atoms with van der Waals surface area (Å²) in [4.78, 5) is 0. The lowest BCUT2D eigenvalue weighted by atomic mass is 9.46. The number of hydrogen-bond acceptors (Lipinski definition) is 0. The summed E-state index contributed by atoms with van der Waals surface area (Å²) in [5.74, 6) is 7.57. The second-order valence-corrected chi connectivity index (χ2v) is 13.5. The molecule has 0 aliphatic heterocycles. The first-order chi connectivity index (χ1) is 17.2. The Hall–Kier alpha value is -0.700. The van der Waals surface area contributed by atoms with Crippen LogP contribution < -0.4 is 0 Å². The van der Waals surface area contributed by atoms with Gasteiger partial charge < -0.3 is 0 Å². The van der Waals surface area contributed by atoms with Crippen LogP contribution in [0.2, 0.25) is 0 Å². The smallest absolute Gasteiger partial charge is 0 e. The maximum absolute atomic E-state index is 4.00. The van der Waals surface area contributed by atoms with Gasteiger partial charge in [0, 0.05) is 1.43 Å². The second-order valence-electron chi connectivity index (χ2n) is 13.5. The van der Waals surface area contributed by atoms with Crippen molar-refractivity contribution >= 4 is 0 Å². The van der Waals surface area contributed by atoms with E-state index in [0.717, 1.165) is 47.3 Å². The zero-order chi connectivity index (χ0) is 27.7. The summed E-state index contributed by atoms with van der Waals surface area (Å²) in [6.45, 7) is 25.7. The summed E-state index contributed by atoms with van der Waals surface area (Å²) in [7, 11) is 0. The Kier molecular flexibility index (Phi) is 13.9. The molecule has 0 heteroatoms. The summed E-state index contributed by atoms with van der Waals surface area (Å²) in [6, 6.07) is 0. The Morgan fingerprint density at radius 3 is 2.08 bits per heavy atom. The molecule has 1 unspecified atom stereocenters. The zero-order valence-corrected chi connectivity index (χ0v) is 26.6. The highest BCUT2D eigenvalue weighted by molar-refractivity contribution is 5.25. The molecule has 4 aliphatic carbocycles. The van der Waals surface area contributed by atoms with Crippen molar-refractivity contribution in [3.63, 3.8) is 0 Å². The zero-order valence-electron chi connectivity index (χ0n) is 26.6. The van der Waals surface area contributed by atoms with E-state index in [2.05, 4.69) is 67.4 Å². The summed E-state index contributed by atoms with van der Waals surface area (Å²) in [6.07, 6.45) is 27.0.